The van der Waals surface area contributed by atoms with Crippen molar-refractivity contribution in [3.63, 3.8) is 0 Å². The molecule has 2 aromatic rings. The van der Waals surface area contributed by atoms with Gasteiger partial charge in [-0.25, -0.2) is 4.98 Å². The van der Waals surface area contributed by atoms with Crippen molar-refractivity contribution in [1.82, 2.24) is 15.3 Å². The first-order valence-electron chi connectivity index (χ1n) is 6.73. The number of carbonyl (C=O) groups is 1. The Bertz CT molecular complexity index is 539. The van der Waals surface area contributed by atoms with E-state index < -0.39 is 0 Å². The van der Waals surface area contributed by atoms with Crippen LogP contribution in [0.3, 0.4) is 0 Å². The molecule has 2 N–H and O–H groups in total. The Labute approximate surface area is 112 Å². The van der Waals surface area contributed by atoms with Crippen LogP contribution in [-0.4, -0.2) is 21.9 Å². The predicted octanol–water partition coefficient (Wildman–Crippen LogP) is 2.75. The van der Waals surface area contributed by atoms with E-state index in [9.17, 15) is 4.79 Å². The van der Waals surface area contributed by atoms with Gasteiger partial charge >= 0.3 is 0 Å². The molecule has 1 fully saturated rings. The summed E-state index contributed by atoms with van der Waals surface area (Å²) in [6.07, 6.45) is 8.17. The highest BCUT2D eigenvalue weighted by molar-refractivity contribution is 5.94. The van der Waals surface area contributed by atoms with Crippen molar-refractivity contribution in [2.45, 2.75) is 31.7 Å². The number of rotatable bonds is 3. The molecule has 98 valence electrons. The van der Waals surface area contributed by atoms with E-state index in [0.29, 0.717) is 11.6 Å². The normalized spacial score (nSPS) is 15.6. The van der Waals surface area contributed by atoms with E-state index in [4.69, 9.17) is 0 Å². The maximum atomic E-state index is 12.1. The summed E-state index contributed by atoms with van der Waals surface area (Å²) >= 11 is 0. The minimum Gasteiger partial charge on any atom is -0.349 e. The number of aromatic amines is 1. The minimum atomic E-state index is 0.0258. The molecule has 0 aliphatic heterocycles. The fourth-order valence-electron chi connectivity index (χ4n) is 2.54. The Kier molecular flexibility index (Phi) is 3.31. The number of nitrogens with zero attached hydrogens (tertiary/aromatic N) is 1. The first-order valence-corrected chi connectivity index (χ1v) is 6.73. The summed E-state index contributed by atoms with van der Waals surface area (Å²) in [5.41, 5.74) is 1.70. The van der Waals surface area contributed by atoms with E-state index in [1.165, 1.54) is 12.8 Å². The van der Waals surface area contributed by atoms with Crippen LogP contribution in [0, 0.1) is 0 Å². The molecule has 0 bridgehead atoms. The molecule has 1 aliphatic carbocycles. The molecule has 1 aliphatic rings. The number of H-pyrrole nitrogens is 1. The Morgan fingerprint density at radius 1 is 1.21 bits per heavy atom. The third-order valence-electron chi connectivity index (χ3n) is 3.61. The molecule has 0 spiro atoms. The van der Waals surface area contributed by atoms with Crippen molar-refractivity contribution in [3.05, 3.63) is 42.2 Å². The van der Waals surface area contributed by atoms with Crippen LogP contribution in [0.4, 0.5) is 0 Å². The zero-order chi connectivity index (χ0) is 13.1. The van der Waals surface area contributed by atoms with Crippen LogP contribution in [0.15, 0.2) is 36.7 Å². The lowest BCUT2D eigenvalue weighted by Gasteiger charge is -2.11. The molecule has 3 rings (SSSR count). The average Bonchev–Trinajstić information content (AvgIpc) is 3.12. The molecule has 4 heteroatoms. The summed E-state index contributed by atoms with van der Waals surface area (Å²) < 4.78 is 0. The lowest BCUT2D eigenvalue weighted by Crippen LogP contribution is -2.32. The van der Waals surface area contributed by atoms with Crippen LogP contribution < -0.4 is 5.32 Å². The summed E-state index contributed by atoms with van der Waals surface area (Å²) in [5.74, 6) is 0.848. The quantitative estimate of drug-likeness (QED) is 0.886. The van der Waals surface area contributed by atoms with Crippen molar-refractivity contribution in [3.8, 4) is 11.4 Å². The predicted molar refractivity (Wildman–Crippen MR) is 73.7 cm³/mol. The largest absolute Gasteiger partial charge is 0.349 e. The number of aromatic nitrogens is 2. The van der Waals surface area contributed by atoms with Crippen LogP contribution in [0.1, 0.15) is 36.0 Å². The molecule has 1 saturated carbocycles. The third kappa shape index (κ3) is 2.67. The number of carbonyl (C=O) groups excluding carboxylic acids is 1. The molecule has 1 amide bonds. The number of benzene rings is 1. The molecule has 1 heterocycles. The molecule has 1 aromatic carbocycles. The molecule has 0 unspecified atom stereocenters. The molecular formula is C15H17N3O. The fraction of sp³-hybridized carbons (Fsp3) is 0.333. The second-order valence-electron chi connectivity index (χ2n) is 4.97. The van der Waals surface area contributed by atoms with E-state index in [2.05, 4.69) is 15.3 Å². The van der Waals surface area contributed by atoms with Crippen molar-refractivity contribution in [2.75, 3.05) is 0 Å². The Balaban J connectivity index is 1.69. The molecule has 0 saturated heterocycles. The zero-order valence-electron chi connectivity index (χ0n) is 10.7. The Hall–Kier alpha value is -2.10. The number of amides is 1. The average molecular weight is 255 g/mol. The van der Waals surface area contributed by atoms with E-state index in [1.54, 1.807) is 12.4 Å². The van der Waals surface area contributed by atoms with E-state index in [0.717, 1.165) is 24.2 Å². The smallest absolute Gasteiger partial charge is 0.251 e. The summed E-state index contributed by atoms with van der Waals surface area (Å²) in [4.78, 5) is 19.3. The van der Waals surface area contributed by atoms with E-state index in [1.807, 2.05) is 24.3 Å². The van der Waals surface area contributed by atoms with Crippen LogP contribution in [0.5, 0.6) is 0 Å². The second-order valence-corrected chi connectivity index (χ2v) is 4.97. The first-order chi connectivity index (χ1) is 9.33. The van der Waals surface area contributed by atoms with Gasteiger partial charge in [0.25, 0.3) is 5.91 Å². The standard InChI is InChI=1S/C15H17N3O/c19-15(18-13-3-1-2-4-13)12-7-5-11(6-8-12)14-16-9-10-17-14/h5-10,13H,1-4H2,(H,16,17)(H,18,19). The molecule has 0 radical (unpaired) electrons. The maximum Gasteiger partial charge on any atom is 0.251 e. The maximum absolute atomic E-state index is 12.1. The Morgan fingerprint density at radius 3 is 2.58 bits per heavy atom. The minimum absolute atomic E-state index is 0.0258. The van der Waals surface area contributed by atoms with Gasteiger partial charge in [-0.1, -0.05) is 25.0 Å². The lowest BCUT2D eigenvalue weighted by molar-refractivity contribution is 0.0938. The van der Waals surface area contributed by atoms with Crippen LogP contribution >= 0.6 is 0 Å². The van der Waals surface area contributed by atoms with Crippen molar-refractivity contribution >= 4 is 5.91 Å². The van der Waals surface area contributed by atoms with E-state index >= 15 is 0 Å². The zero-order valence-corrected chi connectivity index (χ0v) is 10.7. The van der Waals surface area contributed by atoms with Gasteiger partial charge in [0.1, 0.15) is 5.82 Å². The lowest BCUT2D eigenvalue weighted by atomic mass is 10.1. The van der Waals surface area contributed by atoms with Crippen LogP contribution in [-0.2, 0) is 0 Å². The number of hydrogen-bond donors (Lipinski definition) is 2. The summed E-state index contributed by atoms with van der Waals surface area (Å²) in [6.45, 7) is 0. The van der Waals surface area contributed by atoms with Gasteiger partial charge in [-0.2, -0.15) is 0 Å². The topological polar surface area (TPSA) is 57.8 Å². The van der Waals surface area contributed by atoms with Crippen molar-refractivity contribution < 1.29 is 4.79 Å². The molecule has 0 atom stereocenters. The van der Waals surface area contributed by atoms with Crippen LogP contribution in [0.25, 0.3) is 11.4 Å². The highest BCUT2D eigenvalue weighted by Crippen LogP contribution is 2.19. The van der Waals surface area contributed by atoms with Crippen molar-refractivity contribution in [2.24, 2.45) is 0 Å². The van der Waals surface area contributed by atoms with Gasteiger partial charge < -0.3 is 10.3 Å². The van der Waals surface area contributed by atoms with Gasteiger partial charge in [0.2, 0.25) is 0 Å². The fourth-order valence-corrected chi connectivity index (χ4v) is 2.54. The first kappa shape index (κ1) is 12.0. The molecule has 19 heavy (non-hydrogen) atoms. The highest BCUT2D eigenvalue weighted by Gasteiger charge is 2.17. The second kappa shape index (κ2) is 5.26. The van der Waals surface area contributed by atoms with Gasteiger partial charge in [0.15, 0.2) is 0 Å². The number of hydrogen-bond acceptors (Lipinski definition) is 2. The van der Waals surface area contributed by atoms with Gasteiger partial charge in [0, 0.05) is 29.6 Å². The van der Waals surface area contributed by atoms with Gasteiger partial charge in [0.05, 0.1) is 0 Å². The highest BCUT2D eigenvalue weighted by atomic mass is 16.1. The molecule has 1 aromatic heterocycles. The number of imidazole rings is 1. The monoisotopic (exact) mass is 255 g/mol. The SMILES string of the molecule is O=C(NC1CCCC1)c1ccc(-c2ncc[nH]2)cc1. The summed E-state index contributed by atoms with van der Waals surface area (Å²) in [7, 11) is 0. The van der Waals surface area contributed by atoms with Crippen LogP contribution in [0.2, 0.25) is 0 Å². The van der Waals surface area contributed by atoms with Gasteiger partial charge in [-0.15, -0.1) is 0 Å². The molecule has 4 nitrogen and oxygen atoms in total. The summed E-state index contributed by atoms with van der Waals surface area (Å²) in [6, 6.07) is 7.90. The van der Waals surface area contributed by atoms with Gasteiger partial charge in [-0.3, -0.25) is 4.79 Å². The number of nitrogens with one attached hydrogen (secondary N) is 2. The van der Waals surface area contributed by atoms with E-state index in [-0.39, 0.29) is 5.91 Å². The van der Waals surface area contributed by atoms with Crippen molar-refractivity contribution in [1.29, 1.82) is 0 Å². The summed E-state index contributed by atoms with van der Waals surface area (Å²) in [5, 5.41) is 3.09. The Morgan fingerprint density at radius 2 is 1.95 bits per heavy atom. The third-order valence-corrected chi connectivity index (χ3v) is 3.61. The van der Waals surface area contributed by atoms with Gasteiger partial charge in [-0.05, 0) is 25.0 Å². The molecular weight excluding hydrogens is 238 g/mol.